The topological polar surface area (TPSA) is 85.0 Å². The Kier molecular flexibility index (Phi) is 4.21. The number of nitrogens with zero attached hydrogens (tertiary/aromatic N) is 2. The van der Waals surface area contributed by atoms with Crippen LogP contribution in [0.15, 0.2) is 30.5 Å². The van der Waals surface area contributed by atoms with Crippen LogP contribution < -0.4 is 16.4 Å². The third-order valence-electron chi connectivity index (χ3n) is 5.25. The summed E-state index contributed by atoms with van der Waals surface area (Å²) in [7, 11) is 0. The number of fused-ring (bicyclic) bond motifs is 1. The maximum Gasteiger partial charge on any atom is 0.254 e. The fourth-order valence-corrected chi connectivity index (χ4v) is 3.63. The number of aromatic nitrogens is 2. The summed E-state index contributed by atoms with van der Waals surface area (Å²) in [6.45, 7) is 4.67. The minimum Gasteiger partial charge on any atom is -0.369 e. The molecule has 2 heterocycles. The van der Waals surface area contributed by atoms with Crippen LogP contribution in [0, 0.1) is 18.8 Å². The van der Waals surface area contributed by atoms with Gasteiger partial charge in [0.1, 0.15) is 11.4 Å². The van der Waals surface area contributed by atoms with Gasteiger partial charge >= 0.3 is 0 Å². The number of carbonyl (C=O) groups is 1. The summed E-state index contributed by atoms with van der Waals surface area (Å²) in [4.78, 5) is 11.4. The zero-order valence-electron chi connectivity index (χ0n) is 14.5. The van der Waals surface area contributed by atoms with Crippen molar-refractivity contribution in [2.45, 2.75) is 32.4 Å². The highest BCUT2D eigenvalue weighted by atomic mass is 16.1. The minimum absolute atomic E-state index is 0.430. The molecule has 132 valence electrons. The minimum atomic E-state index is -0.432. The van der Waals surface area contributed by atoms with Crippen LogP contribution in [-0.2, 0) is 6.54 Å². The lowest BCUT2D eigenvalue weighted by Gasteiger charge is -2.28. The number of carbonyl (C=O) groups excluding carboxylic acids is 1. The standard InChI is InChI=1S/C19H25N5O/c1-12-2-4-14(5-3-12)17(15-6-7-15)21-8-13-9-22-19-16(18(20)25)10-23-24(19)11-13/h2-5,10,13,15,17,21-22H,6-9,11H2,1H3,(H2,20,25)/t13-,17-/m0/s1. The fraction of sp³-hybridized carbons (Fsp3) is 0.474. The van der Waals surface area contributed by atoms with Gasteiger partial charge in [-0.25, -0.2) is 4.68 Å². The largest absolute Gasteiger partial charge is 0.369 e. The van der Waals surface area contributed by atoms with Crippen molar-refractivity contribution in [2.24, 2.45) is 17.6 Å². The van der Waals surface area contributed by atoms with Gasteiger partial charge in [-0.05, 0) is 31.2 Å². The van der Waals surface area contributed by atoms with Gasteiger partial charge < -0.3 is 16.4 Å². The van der Waals surface area contributed by atoms with E-state index < -0.39 is 5.91 Å². The van der Waals surface area contributed by atoms with Crippen LogP contribution in [-0.4, -0.2) is 28.8 Å². The van der Waals surface area contributed by atoms with Gasteiger partial charge in [0.2, 0.25) is 0 Å². The Bertz CT molecular complexity index is 763. The summed E-state index contributed by atoms with van der Waals surface area (Å²) in [6, 6.07) is 9.30. The van der Waals surface area contributed by atoms with Gasteiger partial charge in [0, 0.05) is 31.6 Å². The maximum absolute atomic E-state index is 11.4. The molecule has 1 fully saturated rings. The molecule has 4 N–H and O–H groups in total. The Morgan fingerprint density at radius 1 is 1.40 bits per heavy atom. The van der Waals surface area contributed by atoms with E-state index in [0.29, 0.717) is 17.5 Å². The molecule has 6 nitrogen and oxygen atoms in total. The number of amides is 1. The predicted octanol–water partition coefficient (Wildman–Crippen LogP) is 2.07. The van der Waals surface area contributed by atoms with Crippen molar-refractivity contribution in [2.75, 3.05) is 18.4 Å². The molecule has 0 radical (unpaired) electrons. The molecule has 1 aliphatic carbocycles. The Balaban J connectivity index is 1.40. The molecule has 25 heavy (non-hydrogen) atoms. The van der Waals surface area contributed by atoms with Gasteiger partial charge in [-0.15, -0.1) is 0 Å². The number of nitrogens with two attached hydrogens (primary N) is 1. The van der Waals surface area contributed by atoms with E-state index >= 15 is 0 Å². The zero-order chi connectivity index (χ0) is 17.4. The quantitative estimate of drug-likeness (QED) is 0.752. The van der Waals surface area contributed by atoms with Crippen LogP contribution in [0.1, 0.15) is 40.4 Å². The van der Waals surface area contributed by atoms with Crippen molar-refractivity contribution in [3.63, 3.8) is 0 Å². The van der Waals surface area contributed by atoms with E-state index in [-0.39, 0.29) is 0 Å². The van der Waals surface area contributed by atoms with E-state index in [2.05, 4.69) is 46.9 Å². The zero-order valence-corrected chi connectivity index (χ0v) is 14.5. The monoisotopic (exact) mass is 339 g/mol. The fourth-order valence-electron chi connectivity index (χ4n) is 3.63. The summed E-state index contributed by atoms with van der Waals surface area (Å²) >= 11 is 0. The van der Waals surface area contributed by atoms with E-state index in [1.54, 1.807) is 6.20 Å². The van der Waals surface area contributed by atoms with Crippen molar-refractivity contribution in [3.8, 4) is 0 Å². The predicted molar refractivity (Wildman–Crippen MR) is 97.4 cm³/mol. The molecule has 1 saturated carbocycles. The van der Waals surface area contributed by atoms with Crippen LogP contribution in [0.25, 0.3) is 0 Å². The molecule has 0 saturated heterocycles. The second kappa shape index (κ2) is 6.52. The van der Waals surface area contributed by atoms with Gasteiger partial charge in [0.25, 0.3) is 5.91 Å². The highest BCUT2D eigenvalue weighted by molar-refractivity contribution is 5.97. The molecule has 1 aromatic heterocycles. The molecule has 4 rings (SSSR count). The number of nitrogens with one attached hydrogen (secondary N) is 2. The lowest BCUT2D eigenvalue weighted by molar-refractivity contribution is 0.100. The third-order valence-corrected chi connectivity index (χ3v) is 5.25. The van der Waals surface area contributed by atoms with Crippen molar-refractivity contribution >= 4 is 11.7 Å². The van der Waals surface area contributed by atoms with E-state index in [1.807, 2.05) is 4.68 Å². The van der Waals surface area contributed by atoms with E-state index in [9.17, 15) is 4.79 Å². The van der Waals surface area contributed by atoms with Gasteiger partial charge in [-0.1, -0.05) is 29.8 Å². The van der Waals surface area contributed by atoms with E-state index in [1.165, 1.54) is 24.0 Å². The normalized spacial score (nSPS) is 20.6. The summed E-state index contributed by atoms with van der Waals surface area (Å²) in [5.41, 5.74) is 8.54. The molecule has 2 aromatic rings. The second-order valence-electron chi connectivity index (χ2n) is 7.33. The summed E-state index contributed by atoms with van der Waals surface area (Å²) in [5.74, 6) is 1.50. The summed E-state index contributed by atoms with van der Waals surface area (Å²) in [6.07, 6.45) is 4.17. The van der Waals surface area contributed by atoms with Crippen LogP contribution >= 0.6 is 0 Å². The van der Waals surface area contributed by atoms with Gasteiger partial charge in [0.05, 0.1) is 6.20 Å². The van der Waals surface area contributed by atoms with Crippen LogP contribution in [0.3, 0.4) is 0 Å². The lowest BCUT2D eigenvalue weighted by atomic mass is 9.99. The Labute approximate surface area is 147 Å². The number of benzene rings is 1. The maximum atomic E-state index is 11.4. The Morgan fingerprint density at radius 3 is 2.84 bits per heavy atom. The van der Waals surface area contributed by atoms with Gasteiger partial charge in [-0.2, -0.15) is 5.10 Å². The highest BCUT2D eigenvalue weighted by Gasteiger charge is 2.33. The molecular formula is C19H25N5O. The smallest absolute Gasteiger partial charge is 0.254 e. The first-order valence-corrected chi connectivity index (χ1v) is 9.01. The van der Waals surface area contributed by atoms with Crippen LogP contribution in [0.2, 0.25) is 0 Å². The van der Waals surface area contributed by atoms with E-state index in [4.69, 9.17) is 5.73 Å². The molecule has 2 atom stereocenters. The molecule has 1 aromatic carbocycles. The lowest BCUT2D eigenvalue weighted by Crippen LogP contribution is -2.37. The molecular weight excluding hydrogens is 314 g/mol. The number of aryl methyl sites for hydroxylation is 1. The number of hydrogen-bond acceptors (Lipinski definition) is 4. The van der Waals surface area contributed by atoms with Gasteiger partial charge in [-0.3, -0.25) is 4.79 Å². The second-order valence-corrected chi connectivity index (χ2v) is 7.33. The SMILES string of the molecule is Cc1ccc([C@H](NC[C@H]2CNc3c(C(N)=O)cnn3C2)C2CC2)cc1. The molecule has 1 amide bonds. The third kappa shape index (κ3) is 3.39. The van der Waals surface area contributed by atoms with Gasteiger partial charge in [0.15, 0.2) is 0 Å². The van der Waals surface area contributed by atoms with Crippen LogP contribution in [0.5, 0.6) is 0 Å². The number of anilines is 1. The average molecular weight is 339 g/mol. The number of primary amides is 1. The van der Waals surface area contributed by atoms with Crippen molar-refractivity contribution < 1.29 is 4.79 Å². The Morgan fingerprint density at radius 2 is 2.16 bits per heavy atom. The van der Waals surface area contributed by atoms with Crippen LogP contribution in [0.4, 0.5) is 5.82 Å². The first kappa shape index (κ1) is 16.1. The Hall–Kier alpha value is -2.34. The molecule has 6 heteroatoms. The number of rotatable bonds is 6. The molecule has 1 aliphatic heterocycles. The van der Waals surface area contributed by atoms with Crippen molar-refractivity contribution in [1.29, 1.82) is 0 Å². The van der Waals surface area contributed by atoms with Crippen molar-refractivity contribution in [1.82, 2.24) is 15.1 Å². The molecule has 0 spiro atoms. The molecule has 2 aliphatic rings. The van der Waals surface area contributed by atoms with Crippen molar-refractivity contribution in [3.05, 3.63) is 47.2 Å². The average Bonchev–Trinajstić information content (AvgIpc) is 3.34. The van der Waals surface area contributed by atoms with E-state index in [0.717, 1.165) is 31.4 Å². The summed E-state index contributed by atoms with van der Waals surface area (Å²) < 4.78 is 1.86. The molecule has 0 bridgehead atoms. The highest BCUT2D eigenvalue weighted by Crippen LogP contribution is 2.41. The number of hydrogen-bond donors (Lipinski definition) is 3. The molecule has 0 unspecified atom stereocenters. The first-order chi connectivity index (χ1) is 12.1. The first-order valence-electron chi connectivity index (χ1n) is 9.01. The summed E-state index contributed by atoms with van der Waals surface area (Å²) in [5, 5.41) is 11.4.